The van der Waals surface area contributed by atoms with Crippen LogP contribution in [0.5, 0.6) is 0 Å². The summed E-state index contributed by atoms with van der Waals surface area (Å²) >= 11 is 0. The molecule has 0 rings (SSSR count). The lowest BCUT2D eigenvalue weighted by Gasteiger charge is -2.21. The molecule has 0 aliphatic heterocycles. The molecule has 69 heavy (non-hydrogen) atoms. The Balaban J connectivity index is 3.56. The van der Waals surface area contributed by atoms with E-state index < -0.39 is 18.2 Å². The Morgan fingerprint density at radius 1 is 0.377 bits per heavy atom. The van der Waals surface area contributed by atoms with E-state index in [1.54, 1.807) is 6.08 Å². The average molecular weight is 967 g/mol. The van der Waals surface area contributed by atoms with Crippen molar-refractivity contribution in [1.29, 1.82) is 0 Å². The smallest absolute Gasteiger partial charge is 0.222 e. The standard InChI is InChI=1S/C64H119NO4/c1-3-5-7-9-11-13-15-17-19-21-23-24-25-26-27-28-29-30-31-32-33-34-35-36-37-38-40-41-43-45-47-49-51-53-55-57-61(67)59-64(69)65-62(60-66)63(68)58-56-54-52-50-48-46-44-42-39-22-20-18-16-14-12-10-8-6-4-2/h27-28,30-31,39,42,48,50,56,58,61-63,66-68H,3-26,29,32-38,40-41,43-47,49,51-55,57,59-60H2,1-2H3,(H,65,69)/b28-27-,31-30-,42-39+,50-48+,58-56+. The number of unbranched alkanes of at least 4 members (excludes halogenated alkanes) is 39. The third-order valence-electron chi connectivity index (χ3n) is 14.0. The van der Waals surface area contributed by atoms with Crippen molar-refractivity contribution < 1.29 is 20.1 Å². The van der Waals surface area contributed by atoms with E-state index >= 15 is 0 Å². The van der Waals surface area contributed by atoms with Crippen LogP contribution in [0.4, 0.5) is 0 Å². The van der Waals surface area contributed by atoms with Crippen LogP contribution in [0.15, 0.2) is 60.8 Å². The summed E-state index contributed by atoms with van der Waals surface area (Å²) in [4.78, 5) is 12.5. The first-order chi connectivity index (χ1) is 34.0. The largest absolute Gasteiger partial charge is 0.394 e. The molecule has 0 fully saturated rings. The summed E-state index contributed by atoms with van der Waals surface area (Å²) in [7, 11) is 0. The highest BCUT2D eigenvalue weighted by molar-refractivity contribution is 5.76. The van der Waals surface area contributed by atoms with Crippen LogP contribution in [0, 0.1) is 0 Å². The van der Waals surface area contributed by atoms with Gasteiger partial charge in [-0.25, -0.2) is 0 Å². The van der Waals surface area contributed by atoms with E-state index in [0.717, 1.165) is 44.9 Å². The number of amides is 1. The van der Waals surface area contributed by atoms with E-state index in [0.29, 0.717) is 6.42 Å². The molecule has 0 spiro atoms. The minimum Gasteiger partial charge on any atom is -0.394 e. The van der Waals surface area contributed by atoms with Gasteiger partial charge in [0.05, 0.1) is 31.3 Å². The van der Waals surface area contributed by atoms with Crippen LogP contribution >= 0.6 is 0 Å². The molecule has 0 aromatic rings. The summed E-state index contributed by atoms with van der Waals surface area (Å²) in [5.41, 5.74) is 0. The predicted octanol–water partition coefficient (Wildman–Crippen LogP) is 19.3. The van der Waals surface area contributed by atoms with Gasteiger partial charge in [0.1, 0.15) is 0 Å². The highest BCUT2D eigenvalue weighted by Crippen LogP contribution is 2.17. The fourth-order valence-corrected chi connectivity index (χ4v) is 9.35. The number of carbonyl (C=O) groups is 1. The minimum absolute atomic E-state index is 0.00160. The Morgan fingerprint density at radius 3 is 1.01 bits per heavy atom. The summed E-state index contributed by atoms with van der Waals surface area (Å²) < 4.78 is 0. The molecule has 4 N–H and O–H groups in total. The molecule has 0 aromatic heterocycles. The van der Waals surface area contributed by atoms with Gasteiger partial charge in [-0.05, 0) is 77.0 Å². The first-order valence-corrected chi connectivity index (χ1v) is 30.6. The maximum absolute atomic E-state index is 12.5. The lowest BCUT2D eigenvalue weighted by atomic mass is 10.0. The average Bonchev–Trinajstić information content (AvgIpc) is 3.35. The molecule has 0 saturated heterocycles. The molecule has 3 unspecified atom stereocenters. The molecule has 0 heterocycles. The molecule has 0 radical (unpaired) electrons. The van der Waals surface area contributed by atoms with E-state index in [-0.39, 0.29) is 18.9 Å². The van der Waals surface area contributed by atoms with Crippen molar-refractivity contribution in [3.8, 4) is 0 Å². The molecule has 0 bridgehead atoms. The Bertz CT molecular complexity index is 1160. The number of rotatable bonds is 56. The molecule has 5 heteroatoms. The summed E-state index contributed by atoms with van der Waals surface area (Å²) in [5.74, 6) is -0.327. The second-order valence-corrected chi connectivity index (χ2v) is 20.9. The van der Waals surface area contributed by atoms with Gasteiger partial charge in [-0.15, -0.1) is 0 Å². The molecule has 0 aliphatic rings. The van der Waals surface area contributed by atoms with Crippen molar-refractivity contribution in [2.75, 3.05) is 6.61 Å². The van der Waals surface area contributed by atoms with Gasteiger partial charge in [0.15, 0.2) is 0 Å². The first-order valence-electron chi connectivity index (χ1n) is 30.6. The van der Waals surface area contributed by atoms with Crippen LogP contribution in [0.2, 0.25) is 0 Å². The molecule has 1 amide bonds. The van der Waals surface area contributed by atoms with Crippen molar-refractivity contribution in [1.82, 2.24) is 5.32 Å². The lowest BCUT2D eigenvalue weighted by Crippen LogP contribution is -2.45. The molecule has 0 saturated carbocycles. The minimum atomic E-state index is -0.962. The van der Waals surface area contributed by atoms with Crippen molar-refractivity contribution in [3.05, 3.63) is 60.8 Å². The maximum atomic E-state index is 12.5. The van der Waals surface area contributed by atoms with Crippen molar-refractivity contribution >= 4 is 5.91 Å². The number of allylic oxidation sites excluding steroid dienone is 9. The zero-order valence-corrected chi connectivity index (χ0v) is 46.2. The molecule has 404 valence electrons. The zero-order chi connectivity index (χ0) is 50.0. The second kappa shape index (κ2) is 58.6. The van der Waals surface area contributed by atoms with Crippen LogP contribution in [-0.4, -0.2) is 46.1 Å². The first kappa shape index (κ1) is 67.0. The van der Waals surface area contributed by atoms with Gasteiger partial charge in [-0.2, -0.15) is 0 Å². The quantitative estimate of drug-likeness (QED) is 0.0361. The highest BCUT2D eigenvalue weighted by atomic mass is 16.3. The predicted molar refractivity (Wildman–Crippen MR) is 305 cm³/mol. The molecule has 5 nitrogen and oxygen atoms in total. The summed E-state index contributed by atoms with van der Waals surface area (Å²) in [6.45, 7) is 4.22. The van der Waals surface area contributed by atoms with Crippen LogP contribution in [-0.2, 0) is 4.79 Å². The molecule has 0 aromatic carbocycles. The van der Waals surface area contributed by atoms with Gasteiger partial charge in [-0.3, -0.25) is 4.79 Å². The summed E-state index contributed by atoms with van der Waals surface area (Å²) in [5, 5.41) is 33.4. The second-order valence-electron chi connectivity index (χ2n) is 20.9. The summed E-state index contributed by atoms with van der Waals surface area (Å²) in [6.07, 6.45) is 80.1. The van der Waals surface area contributed by atoms with Crippen LogP contribution in [0.3, 0.4) is 0 Å². The molecular weight excluding hydrogens is 847 g/mol. The maximum Gasteiger partial charge on any atom is 0.222 e. The number of nitrogens with one attached hydrogen (secondary N) is 1. The fourth-order valence-electron chi connectivity index (χ4n) is 9.35. The van der Waals surface area contributed by atoms with E-state index in [4.69, 9.17) is 0 Å². The molecular formula is C64H119NO4. The van der Waals surface area contributed by atoms with Crippen LogP contribution < -0.4 is 5.32 Å². The van der Waals surface area contributed by atoms with Gasteiger partial charge >= 0.3 is 0 Å². The Morgan fingerprint density at radius 2 is 0.667 bits per heavy atom. The van der Waals surface area contributed by atoms with Gasteiger partial charge in [0.2, 0.25) is 5.91 Å². The number of aliphatic hydroxyl groups excluding tert-OH is 3. The van der Waals surface area contributed by atoms with Crippen molar-refractivity contribution in [2.24, 2.45) is 0 Å². The van der Waals surface area contributed by atoms with Gasteiger partial charge in [0.25, 0.3) is 0 Å². The number of carbonyl (C=O) groups excluding carboxylic acids is 1. The fraction of sp³-hybridized carbons (Fsp3) is 0.828. The van der Waals surface area contributed by atoms with Crippen LogP contribution in [0.1, 0.15) is 316 Å². The third-order valence-corrected chi connectivity index (χ3v) is 14.0. The SMILES string of the molecule is CCCCCCCCCCC/C=C/CC/C=C/CC/C=C/C(O)C(CO)NC(=O)CC(O)CCCCCCCCCCCCCCCCC/C=C\C/C=C\CCCCCCCCCCCCCCC. The Kier molecular flexibility index (Phi) is 57.0. The molecule has 3 atom stereocenters. The number of hydrogen-bond acceptors (Lipinski definition) is 4. The summed E-state index contributed by atoms with van der Waals surface area (Å²) in [6, 6.07) is -0.770. The Hall–Kier alpha value is -1.95. The Labute approximate surface area is 430 Å². The topological polar surface area (TPSA) is 89.8 Å². The molecule has 0 aliphatic carbocycles. The zero-order valence-electron chi connectivity index (χ0n) is 46.2. The van der Waals surface area contributed by atoms with E-state index in [1.165, 1.54) is 244 Å². The monoisotopic (exact) mass is 966 g/mol. The van der Waals surface area contributed by atoms with Gasteiger partial charge < -0.3 is 20.6 Å². The van der Waals surface area contributed by atoms with Crippen molar-refractivity contribution in [2.45, 2.75) is 334 Å². The lowest BCUT2D eigenvalue weighted by molar-refractivity contribution is -0.124. The van der Waals surface area contributed by atoms with E-state index in [2.05, 4.69) is 67.8 Å². The number of hydrogen-bond donors (Lipinski definition) is 4. The van der Waals surface area contributed by atoms with Crippen molar-refractivity contribution in [3.63, 3.8) is 0 Å². The van der Waals surface area contributed by atoms with E-state index in [1.807, 2.05) is 6.08 Å². The van der Waals surface area contributed by atoms with Gasteiger partial charge in [0, 0.05) is 0 Å². The van der Waals surface area contributed by atoms with Crippen LogP contribution in [0.25, 0.3) is 0 Å². The highest BCUT2D eigenvalue weighted by Gasteiger charge is 2.20. The normalized spacial score (nSPS) is 13.6. The number of aliphatic hydroxyl groups is 3. The van der Waals surface area contributed by atoms with E-state index in [9.17, 15) is 20.1 Å². The van der Waals surface area contributed by atoms with Gasteiger partial charge in [-0.1, -0.05) is 293 Å². The third kappa shape index (κ3) is 55.2.